The molecule has 1 aliphatic rings. The van der Waals surface area contributed by atoms with Gasteiger partial charge < -0.3 is 5.32 Å². The van der Waals surface area contributed by atoms with Crippen LogP contribution >= 0.6 is 0 Å². The second-order valence-electron chi connectivity index (χ2n) is 10.0. The minimum absolute atomic E-state index is 0.154. The standard InChI is InChI=1S/C30H37N3O3S/c1-23-8-7-9-24(2)29(23)33(37(3,35)36)22-27-14-16-28(17-15-27)30(34)31-20-25-10-12-26(13-11-25)21-32-18-5-4-6-19-32/h7-17H,4-6,18-22H2,1-3H3,(H,31,34). The molecule has 37 heavy (non-hydrogen) atoms. The van der Waals surface area contributed by atoms with Crippen LogP contribution in [0, 0.1) is 13.8 Å². The van der Waals surface area contributed by atoms with Crippen molar-refractivity contribution in [1.82, 2.24) is 10.2 Å². The summed E-state index contributed by atoms with van der Waals surface area (Å²) in [4.78, 5) is 15.2. The lowest BCUT2D eigenvalue weighted by Gasteiger charge is -2.26. The first-order valence-electron chi connectivity index (χ1n) is 12.9. The summed E-state index contributed by atoms with van der Waals surface area (Å²) in [5.41, 5.74) is 6.23. The van der Waals surface area contributed by atoms with Crippen LogP contribution in [0.5, 0.6) is 0 Å². The summed E-state index contributed by atoms with van der Waals surface area (Å²) < 4.78 is 26.7. The van der Waals surface area contributed by atoms with Crippen molar-refractivity contribution in [2.45, 2.75) is 52.7 Å². The largest absolute Gasteiger partial charge is 0.348 e. The normalized spacial score (nSPS) is 14.4. The number of benzene rings is 3. The number of likely N-dealkylation sites (tertiary alicyclic amines) is 1. The van der Waals surface area contributed by atoms with Crippen molar-refractivity contribution < 1.29 is 13.2 Å². The minimum Gasteiger partial charge on any atom is -0.348 e. The summed E-state index contributed by atoms with van der Waals surface area (Å²) in [7, 11) is -3.49. The minimum atomic E-state index is -3.49. The van der Waals surface area contributed by atoms with Crippen LogP contribution in [0.2, 0.25) is 0 Å². The van der Waals surface area contributed by atoms with Crippen molar-refractivity contribution in [3.8, 4) is 0 Å². The van der Waals surface area contributed by atoms with E-state index in [4.69, 9.17) is 0 Å². The maximum absolute atomic E-state index is 12.7. The number of amides is 1. The molecule has 7 heteroatoms. The molecular weight excluding hydrogens is 482 g/mol. The number of hydrogen-bond acceptors (Lipinski definition) is 4. The molecule has 0 unspecified atom stereocenters. The third kappa shape index (κ3) is 7.21. The maximum Gasteiger partial charge on any atom is 0.251 e. The molecule has 1 N–H and O–H groups in total. The van der Waals surface area contributed by atoms with Gasteiger partial charge in [-0.3, -0.25) is 14.0 Å². The fraction of sp³-hybridized carbons (Fsp3) is 0.367. The van der Waals surface area contributed by atoms with Gasteiger partial charge >= 0.3 is 0 Å². The topological polar surface area (TPSA) is 69.7 Å². The Bertz CT molecular complexity index is 1290. The van der Waals surface area contributed by atoms with Crippen molar-refractivity contribution in [3.05, 3.63) is 100 Å². The SMILES string of the molecule is Cc1cccc(C)c1N(Cc1ccc(C(=O)NCc2ccc(CN3CCCCC3)cc2)cc1)S(C)(=O)=O. The highest BCUT2D eigenvalue weighted by Gasteiger charge is 2.21. The number of rotatable bonds is 9. The van der Waals surface area contributed by atoms with Gasteiger partial charge in [0.1, 0.15) is 0 Å². The first kappa shape index (κ1) is 26.9. The highest BCUT2D eigenvalue weighted by molar-refractivity contribution is 7.92. The molecule has 1 amide bonds. The van der Waals surface area contributed by atoms with Crippen LogP contribution in [-0.4, -0.2) is 38.6 Å². The molecule has 0 atom stereocenters. The number of para-hydroxylation sites is 1. The van der Waals surface area contributed by atoms with Gasteiger partial charge in [-0.25, -0.2) is 8.42 Å². The highest BCUT2D eigenvalue weighted by atomic mass is 32.2. The zero-order chi connectivity index (χ0) is 26.4. The average Bonchev–Trinajstić information content (AvgIpc) is 2.88. The van der Waals surface area contributed by atoms with E-state index in [0.717, 1.165) is 28.8 Å². The van der Waals surface area contributed by atoms with Crippen molar-refractivity contribution in [2.75, 3.05) is 23.7 Å². The monoisotopic (exact) mass is 519 g/mol. The summed E-state index contributed by atoms with van der Waals surface area (Å²) >= 11 is 0. The van der Waals surface area contributed by atoms with Crippen molar-refractivity contribution in [1.29, 1.82) is 0 Å². The van der Waals surface area contributed by atoms with Crippen LogP contribution in [-0.2, 0) is 29.7 Å². The summed E-state index contributed by atoms with van der Waals surface area (Å²) in [6.07, 6.45) is 5.13. The van der Waals surface area contributed by atoms with Gasteiger partial charge in [0.15, 0.2) is 0 Å². The number of nitrogens with zero attached hydrogens (tertiary/aromatic N) is 2. The molecule has 3 aromatic carbocycles. The van der Waals surface area contributed by atoms with E-state index in [1.807, 2.05) is 44.2 Å². The molecule has 1 aliphatic heterocycles. The van der Waals surface area contributed by atoms with Crippen molar-refractivity contribution in [2.24, 2.45) is 0 Å². The van der Waals surface area contributed by atoms with Gasteiger partial charge in [-0.05, 0) is 79.7 Å². The molecule has 196 valence electrons. The molecule has 1 saturated heterocycles. The predicted octanol–water partition coefficient (Wildman–Crippen LogP) is 5.19. The van der Waals surface area contributed by atoms with E-state index in [0.29, 0.717) is 17.8 Å². The third-order valence-electron chi connectivity index (χ3n) is 6.96. The molecule has 0 aliphatic carbocycles. The molecule has 0 bridgehead atoms. The summed E-state index contributed by atoms with van der Waals surface area (Å²) in [5.74, 6) is -0.154. The van der Waals surface area contributed by atoms with Crippen molar-refractivity contribution in [3.63, 3.8) is 0 Å². The van der Waals surface area contributed by atoms with Gasteiger partial charge in [0.05, 0.1) is 18.5 Å². The smallest absolute Gasteiger partial charge is 0.251 e. The van der Waals surface area contributed by atoms with Gasteiger partial charge in [-0.1, -0.05) is 61.0 Å². The first-order valence-corrected chi connectivity index (χ1v) is 14.8. The Hall–Kier alpha value is -3.16. The van der Waals surface area contributed by atoms with Crippen molar-refractivity contribution >= 4 is 21.6 Å². The molecular formula is C30H37N3O3S. The molecule has 3 aromatic rings. The number of nitrogens with one attached hydrogen (secondary N) is 1. The van der Waals surface area contributed by atoms with Gasteiger partial charge in [-0.15, -0.1) is 0 Å². The molecule has 0 radical (unpaired) electrons. The van der Waals surface area contributed by atoms with Crippen LogP contribution in [0.3, 0.4) is 0 Å². The summed E-state index contributed by atoms with van der Waals surface area (Å²) in [6, 6.07) is 21.3. The van der Waals surface area contributed by atoms with E-state index < -0.39 is 10.0 Å². The number of hydrogen-bond donors (Lipinski definition) is 1. The zero-order valence-corrected chi connectivity index (χ0v) is 22.9. The van der Waals surface area contributed by atoms with E-state index >= 15 is 0 Å². The second kappa shape index (κ2) is 11.9. The number of carbonyl (C=O) groups is 1. The lowest BCUT2D eigenvalue weighted by atomic mass is 10.1. The summed E-state index contributed by atoms with van der Waals surface area (Å²) in [6.45, 7) is 7.82. The fourth-order valence-electron chi connectivity index (χ4n) is 4.91. The quantitative estimate of drug-likeness (QED) is 0.423. The highest BCUT2D eigenvalue weighted by Crippen LogP contribution is 2.28. The van der Waals surface area contributed by atoms with Gasteiger partial charge in [0, 0.05) is 18.7 Å². The first-order chi connectivity index (χ1) is 17.7. The molecule has 6 nitrogen and oxygen atoms in total. The Balaban J connectivity index is 1.35. The predicted molar refractivity (Wildman–Crippen MR) is 150 cm³/mol. The lowest BCUT2D eigenvalue weighted by Crippen LogP contribution is -2.30. The zero-order valence-electron chi connectivity index (χ0n) is 22.0. The van der Waals surface area contributed by atoms with E-state index in [1.54, 1.807) is 12.1 Å². The number of piperidine rings is 1. The van der Waals surface area contributed by atoms with Crippen LogP contribution in [0.15, 0.2) is 66.7 Å². The van der Waals surface area contributed by atoms with E-state index in [9.17, 15) is 13.2 Å². The Morgan fingerprint density at radius 1 is 0.838 bits per heavy atom. The van der Waals surface area contributed by atoms with Crippen LogP contribution in [0.1, 0.15) is 57.4 Å². The average molecular weight is 520 g/mol. The third-order valence-corrected chi connectivity index (χ3v) is 8.07. The Morgan fingerprint density at radius 2 is 1.41 bits per heavy atom. The Kier molecular flexibility index (Phi) is 8.67. The molecule has 0 saturated carbocycles. The molecule has 4 rings (SSSR count). The molecule has 1 fully saturated rings. The lowest BCUT2D eigenvalue weighted by molar-refractivity contribution is 0.0951. The van der Waals surface area contributed by atoms with Gasteiger partial charge in [0.25, 0.3) is 5.91 Å². The van der Waals surface area contributed by atoms with Crippen LogP contribution < -0.4 is 9.62 Å². The van der Waals surface area contributed by atoms with E-state index in [1.165, 1.54) is 48.5 Å². The number of sulfonamides is 1. The molecule has 1 heterocycles. The van der Waals surface area contributed by atoms with Gasteiger partial charge in [-0.2, -0.15) is 0 Å². The van der Waals surface area contributed by atoms with Gasteiger partial charge in [0.2, 0.25) is 10.0 Å². The molecule has 0 aromatic heterocycles. The number of carbonyl (C=O) groups excluding carboxylic acids is 1. The van der Waals surface area contributed by atoms with Crippen LogP contribution in [0.25, 0.3) is 0 Å². The molecule has 0 spiro atoms. The Morgan fingerprint density at radius 3 is 2.00 bits per heavy atom. The van der Waals surface area contributed by atoms with E-state index in [-0.39, 0.29) is 12.5 Å². The summed E-state index contributed by atoms with van der Waals surface area (Å²) in [5, 5.41) is 2.99. The number of aryl methyl sites for hydroxylation is 2. The second-order valence-corrected chi connectivity index (χ2v) is 11.9. The Labute approximate surface area is 221 Å². The number of anilines is 1. The van der Waals surface area contributed by atoms with Crippen LogP contribution in [0.4, 0.5) is 5.69 Å². The van der Waals surface area contributed by atoms with E-state index in [2.05, 4.69) is 34.5 Å². The maximum atomic E-state index is 12.7. The fourth-order valence-corrected chi connectivity index (χ4v) is 5.91.